The van der Waals surface area contributed by atoms with Gasteiger partial charge in [-0.05, 0) is 38.5 Å². The van der Waals surface area contributed by atoms with Crippen molar-refractivity contribution in [3.05, 3.63) is 12.2 Å². The predicted molar refractivity (Wildman–Crippen MR) is 212 cm³/mol. The molecule has 13 heteroatoms. The quantitative estimate of drug-likeness (QED) is 0.0155. The van der Waals surface area contributed by atoms with Crippen molar-refractivity contribution in [1.82, 2.24) is 0 Å². The van der Waals surface area contributed by atoms with Gasteiger partial charge in [-0.3, -0.25) is 13.8 Å². The Bertz CT molecular complexity index is 952. The Balaban J connectivity index is 2.43. The van der Waals surface area contributed by atoms with Crippen molar-refractivity contribution < 1.29 is 58.3 Å². The molecule has 6 unspecified atom stereocenters. The molecule has 1 aliphatic rings. The van der Waals surface area contributed by atoms with E-state index in [0.717, 1.165) is 57.8 Å². The van der Waals surface area contributed by atoms with E-state index in [1.165, 1.54) is 96.3 Å². The highest BCUT2D eigenvalue weighted by molar-refractivity contribution is 7.47. The molecule has 1 saturated carbocycles. The van der Waals surface area contributed by atoms with E-state index in [1.807, 2.05) is 0 Å². The maximum atomic E-state index is 12.8. The summed E-state index contributed by atoms with van der Waals surface area (Å²) < 4.78 is 34.1. The molecule has 0 aromatic rings. The average Bonchev–Trinajstić information content (AvgIpc) is 3.15. The Labute approximate surface area is 327 Å². The lowest BCUT2D eigenvalue weighted by Gasteiger charge is -2.41. The minimum absolute atomic E-state index is 0.0750. The van der Waals surface area contributed by atoms with E-state index in [-0.39, 0.29) is 13.0 Å². The van der Waals surface area contributed by atoms with Crippen molar-refractivity contribution in [2.45, 2.75) is 224 Å². The van der Waals surface area contributed by atoms with Gasteiger partial charge < -0.3 is 39.9 Å². The molecular formula is C41H79O12P. The summed E-state index contributed by atoms with van der Waals surface area (Å²) in [7, 11) is -5.01. The second-order valence-electron chi connectivity index (χ2n) is 15.2. The zero-order valence-corrected chi connectivity index (χ0v) is 34.7. The smallest absolute Gasteiger partial charge is 0.457 e. The number of carbonyl (C=O) groups excluding carboxylic acids is 1. The normalized spacial score (nSPS) is 23.5. The lowest BCUT2D eigenvalue weighted by atomic mass is 9.85. The first-order valence-electron chi connectivity index (χ1n) is 21.5. The first kappa shape index (κ1) is 51.1. The molecular weight excluding hydrogens is 715 g/mol. The first-order chi connectivity index (χ1) is 26.0. The molecule has 0 aromatic heterocycles. The Morgan fingerprint density at radius 1 is 0.574 bits per heavy atom. The Hall–Kier alpha value is -0.920. The molecule has 0 amide bonds. The molecule has 6 atom stereocenters. The Morgan fingerprint density at radius 3 is 1.46 bits per heavy atom. The minimum Gasteiger partial charge on any atom is -0.457 e. The SMILES string of the molecule is CCCCCCCC/C=C\CCCCCCCC(=O)OC(COCCCCCCCCCCCCCC)COP(=O)(O)OC1C(O)C(O)C(O)C(O)C1O. The van der Waals surface area contributed by atoms with Crippen LogP contribution in [0.15, 0.2) is 12.2 Å². The number of aliphatic hydroxyl groups is 5. The highest BCUT2D eigenvalue weighted by Crippen LogP contribution is 2.47. The number of phosphoric ester groups is 1. The fourth-order valence-corrected chi connectivity index (χ4v) is 7.62. The lowest BCUT2D eigenvalue weighted by Crippen LogP contribution is -2.64. The van der Waals surface area contributed by atoms with E-state index in [1.54, 1.807) is 0 Å². The third kappa shape index (κ3) is 25.4. The zero-order valence-electron chi connectivity index (χ0n) is 33.8. The van der Waals surface area contributed by atoms with Crippen LogP contribution in [0.5, 0.6) is 0 Å². The van der Waals surface area contributed by atoms with Gasteiger partial charge in [0.25, 0.3) is 0 Å². The van der Waals surface area contributed by atoms with Crippen LogP contribution in [0, 0.1) is 0 Å². The standard InChI is InChI=1S/C41H79O12P/c1-3-5-7-9-11-13-15-17-18-19-20-22-24-26-28-30-35(42)52-34(32-50-31-29-27-25-23-21-16-14-12-10-8-6-4-2)33-51-54(48,49)53-41-39(46)37(44)36(43)38(45)40(41)47/h17-18,34,36-41,43-47H,3-16,19-33H2,1-2H3,(H,48,49)/b18-17-. The van der Waals surface area contributed by atoms with Crippen molar-refractivity contribution in [3.8, 4) is 0 Å². The Kier molecular flexibility index (Phi) is 31.3. The van der Waals surface area contributed by atoms with Crippen molar-refractivity contribution in [2.24, 2.45) is 0 Å². The van der Waals surface area contributed by atoms with Crippen molar-refractivity contribution in [2.75, 3.05) is 19.8 Å². The molecule has 1 rings (SSSR count). The van der Waals surface area contributed by atoms with Crippen LogP contribution >= 0.6 is 7.82 Å². The van der Waals surface area contributed by atoms with Gasteiger partial charge in [0.1, 0.15) is 42.7 Å². The highest BCUT2D eigenvalue weighted by atomic mass is 31.2. The van der Waals surface area contributed by atoms with E-state index in [0.29, 0.717) is 13.0 Å². The summed E-state index contributed by atoms with van der Waals surface area (Å²) >= 11 is 0. The minimum atomic E-state index is -5.01. The molecule has 12 nitrogen and oxygen atoms in total. The molecule has 0 heterocycles. The lowest BCUT2D eigenvalue weighted by molar-refractivity contribution is -0.220. The molecule has 0 radical (unpaired) electrons. The van der Waals surface area contributed by atoms with Gasteiger partial charge in [-0.15, -0.1) is 0 Å². The van der Waals surface area contributed by atoms with Crippen LogP contribution in [-0.2, 0) is 27.9 Å². The molecule has 0 spiro atoms. The van der Waals surface area contributed by atoms with Crippen LogP contribution in [0.25, 0.3) is 0 Å². The number of unbranched alkanes of at least 4 members (excludes halogenated alkanes) is 22. The van der Waals surface area contributed by atoms with Gasteiger partial charge in [0, 0.05) is 13.0 Å². The monoisotopic (exact) mass is 795 g/mol. The van der Waals surface area contributed by atoms with Crippen LogP contribution in [0.3, 0.4) is 0 Å². The molecule has 0 bridgehead atoms. The van der Waals surface area contributed by atoms with Gasteiger partial charge in [0.2, 0.25) is 0 Å². The second-order valence-corrected chi connectivity index (χ2v) is 16.6. The highest BCUT2D eigenvalue weighted by Gasteiger charge is 2.51. The average molecular weight is 795 g/mol. The summed E-state index contributed by atoms with van der Waals surface area (Å²) in [5.41, 5.74) is 0. The van der Waals surface area contributed by atoms with Gasteiger partial charge >= 0.3 is 13.8 Å². The van der Waals surface area contributed by atoms with Crippen molar-refractivity contribution in [3.63, 3.8) is 0 Å². The predicted octanol–water partition coefficient (Wildman–Crippen LogP) is 7.97. The number of hydrogen-bond acceptors (Lipinski definition) is 11. The third-order valence-electron chi connectivity index (χ3n) is 10.1. The summed E-state index contributed by atoms with van der Waals surface area (Å²) in [5, 5.41) is 50.0. The number of phosphoric acid groups is 1. The fraction of sp³-hybridized carbons (Fsp3) is 0.927. The van der Waals surface area contributed by atoms with Gasteiger partial charge in [0.05, 0.1) is 13.2 Å². The number of aliphatic hydroxyl groups excluding tert-OH is 5. The van der Waals surface area contributed by atoms with Crippen LogP contribution < -0.4 is 0 Å². The second kappa shape index (κ2) is 33.1. The molecule has 1 aliphatic carbocycles. The molecule has 6 N–H and O–H groups in total. The largest absolute Gasteiger partial charge is 0.472 e. The number of allylic oxidation sites excluding steroid dienone is 2. The van der Waals surface area contributed by atoms with Crippen molar-refractivity contribution in [1.29, 1.82) is 0 Å². The topological polar surface area (TPSA) is 192 Å². The first-order valence-corrected chi connectivity index (χ1v) is 23.0. The van der Waals surface area contributed by atoms with E-state index in [9.17, 15) is 39.8 Å². The molecule has 1 fully saturated rings. The van der Waals surface area contributed by atoms with Crippen molar-refractivity contribution >= 4 is 13.8 Å². The van der Waals surface area contributed by atoms with Gasteiger partial charge in [-0.1, -0.05) is 148 Å². The summed E-state index contributed by atoms with van der Waals surface area (Å²) in [6.45, 7) is 4.24. The summed E-state index contributed by atoms with van der Waals surface area (Å²) in [5.74, 6) is -0.484. The fourth-order valence-electron chi connectivity index (χ4n) is 6.64. The Morgan fingerprint density at radius 2 is 0.981 bits per heavy atom. The number of esters is 1. The van der Waals surface area contributed by atoms with Crippen LogP contribution in [-0.4, -0.2) is 98.9 Å². The molecule has 54 heavy (non-hydrogen) atoms. The maximum Gasteiger partial charge on any atom is 0.472 e. The van der Waals surface area contributed by atoms with Crippen LogP contribution in [0.2, 0.25) is 0 Å². The summed E-state index contributed by atoms with van der Waals surface area (Å²) in [4.78, 5) is 23.1. The number of ether oxygens (including phenoxy) is 2. The number of carbonyl (C=O) groups is 1. The zero-order chi connectivity index (χ0) is 39.9. The summed E-state index contributed by atoms with van der Waals surface area (Å²) in [6.07, 6.45) is 21.4. The van der Waals surface area contributed by atoms with Crippen LogP contribution in [0.4, 0.5) is 0 Å². The number of rotatable bonds is 36. The van der Waals surface area contributed by atoms with Crippen LogP contribution in [0.1, 0.15) is 181 Å². The van der Waals surface area contributed by atoms with Gasteiger partial charge in [-0.2, -0.15) is 0 Å². The summed E-state index contributed by atoms with van der Waals surface area (Å²) in [6, 6.07) is 0. The molecule has 0 saturated heterocycles. The molecule has 320 valence electrons. The molecule has 0 aliphatic heterocycles. The van der Waals surface area contributed by atoms with E-state index in [2.05, 4.69) is 26.0 Å². The maximum absolute atomic E-state index is 12.8. The molecule has 0 aromatic carbocycles. The van der Waals surface area contributed by atoms with E-state index < -0.39 is 63.1 Å². The van der Waals surface area contributed by atoms with E-state index in [4.69, 9.17) is 18.5 Å². The van der Waals surface area contributed by atoms with E-state index >= 15 is 0 Å². The number of hydrogen-bond donors (Lipinski definition) is 6. The van der Waals surface area contributed by atoms with Gasteiger partial charge in [-0.25, -0.2) is 4.57 Å². The third-order valence-corrected chi connectivity index (χ3v) is 11.1. The van der Waals surface area contributed by atoms with Gasteiger partial charge in [0.15, 0.2) is 0 Å².